The highest BCUT2D eigenvalue weighted by Crippen LogP contribution is 2.32. The number of nitrogens with zero attached hydrogens (tertiary/aromatic N) is 2. The molecule has 1 saturated carbocycles. The second-order valence-corrected chi connectivity index (χ2v) is 8.06. The lowest BCUT2D eigenvalue weighted by atomic mass is 9.81. The SMILES string of the molecule is CC1(CO)CCN(C(=O)c2cnc(OC3CCCCC3)c(Cl)c2)CC1. The smallest absolute Gasteiger partial charge is 0.255 e. The fourth-order valence-corrected chi connectivity index (χ4v) is 3.77. The number of aliphatic hydroxyl groups is 1. The maximum Gasteiger partial charge on any atom is 0.255 e. The first-order valence-corrected chi connectivity index (χ1v) is 9.61. The second kappa shape index (κ2) is 7.92. The van der Waals surface area contributed by atoms with Gasteiger partial charge in [-0.1, -0.05) is 24.9 Å². The Bertz CT molecular complexity index is 609. The van der Waals surface area contributed by atoms with Crippen molar-refractivity contribution in [3.8, 4) is 5.88 Å². The van der Waals surface area contributed by atoms with Crippen LogP contribution < -0.4 is 4.74 Å². The molecule has 0 radical (unpaired) electrons. The van der Waals surface area contributed by atoms with E-state index in [-0.39, 0.29) is 24.0 Å². The monoisotopic (exact) mass is 366 g/mol. The summed E-state index contributed by atoms with van der Waals surface area (Å²) in [4.78, 5) is 18.8. The van der Waals surface area contributed by atoms with Crippen molar-refractivity contribution in [2.24, 2.45) is 5.41 Å². The largest absolute Gasteiger partial charge is 0.473 e. The van der Waals surface area contributed by atoms with E-state index in [2.05, 4.69) is 11.9 Å². The summed E-state index contributed by atoms with van der Waals surface area (Å²) in [5.41, 5.74) is 0.415. The van der Waals surface area contributed by atoms with Gasteiger partial charge in [-0.05, 0) is 50.0 Å². The van der Waals surface area contributed by atoms with Gasteiger partial charge in [0.05, 0.1) is 5.56 Å². The van der Waals surface area contributed by atoms with Gasteiger partial charge >= 0.3 is 0 Å². The van der Waals surface area contributed by atoms with Crippen LogP contribution in [-0.4, -0.2) is 46.7 Å². The number of likely N-dealkylation sites (tertiary alicyclic amines) is 1. The van der Waals surface area contributed by atoms with Crippen molar-refractivity contribution in [2.45, 2.75) is 58.0 Å². The van der Waals surface area contributed by atoms with Crippen molar-refractivity contribution in [2.75, 3.05) is 19.7 Å². The molecular formula is C19H27ClN2O3. The molecule has 0 bridgehead atoms. The van der Waals surface area contributed by atoms with Crippen LogP contribution in [0.1, 0.15) is 62.2 Å². The Morgan fingerprint density at radius 1 is 1.36 bits per heavy atom. The number of piperidine rings is 1. The Kier molecular flexibility index (Phi) is 5.85. The van der Waals surface area contributed by atoms with Crippen molar-refractivity contribution in [3.63, 3.8) is 0 Å². The van der Waals surface area contributed by atoms with Gasteiger partial charge in [0.15, 0.2) is 0 Å². The number of amides is 1. The number of aromatic nitrogens is 1. The third-order valence-electron chi connectivity index (χ3n) is 5.52. The van der Waals surface area contributed by atoms with Crippen LogP contribution in [0.15, 0.2) is 12.3 Å². The molecular weight excluding hydrogens is 340 g/mol. The Hall–Kier alpha value is -1.33. The van der Waals surface area contributed by atoms with E-state index in [0.717, 1.165) is 25.7 Å². The van der Waals surface area contributed by atoms with Crippen LogP contribution in [-0.2, 0) is 0 Å². The second-order valence-electron chi connectivity index (χ2n) is 7.65. The Balaban J connectivity index is 1.63. The maximum atomic E-state index is 12.7. The predicted molar refractivity (Wildman–Crippen MR) is 97.1 cm³/mol. The first-order valence-electron chi connectivity index (χ1n) is 9.23. The molecule has 1 aromatic heterocycles. The van der Waals surface area contributed by atoms with Gasteiger partial charge in [-0.3, -0.25) is 4.79 Å². The lowest BCUT2D eigenvalue weighted by molar-refractivity contribution is 0.0439. The van der Waals surface area contributed by atoms with Crippen molar-refractivity contribution in [3.05, 3.63) is 22.8 Å². The molecule has 0 spiro atoms. The Morgan fingerprint density at radius 3 is 2.64 bits per heavy atom. The molecule has 2 fully saturated rings. The van der Waals surface area contributed by atoms with Crippen molar-refractivity contribution >= 4 is 17.5 Å². The molecule has 2 aliphatic rings. The minimum absolute atomic E-state index is 0.0568. The summed E-state index contributed by atoms with van der Waals surface area (Å²) in [7, 11) is 0. The van der Waals surface area contributed by atoms with E-state index < -0.39 is 0 Å². The Labute approximate surface area is 154 Å². The van der Waals surface area contributed by atoms with Crippen molar-refractivity contribution < 1.29 is 14.6 Å². The van der Waals surface area contributed by atoms with Gasteiger partial charge in [0.25, 0.3) is 5.91 Å². The van der Waals surface area contributed by atoms with Gasteiger partial charge in [0, 0.05) is 25.9 Å². The number of carbonyl (C=O) groups excluding carboxylic acids is 1. The van der Waals surface area contributed by atoms with E-state index in [1.165, 1.54) is 19.3 Å². The van der Waals surface area contributed by atoms with Crippen LogP contribution in [0.5, 0.6) is 5.88 Å². The third kappa shape index (κ3) is 4.45. The first-order chi connectivity index (χ1) is 12.0. The summed E-state index contributed by atoms with van der Waals surface area (Å²) in [5, 5.41) is 9.85. The third-order valence-corrected chi connectivity index (χ3v) is 5.80. The summed E-state index contributed by atoms with van der Waals surface area (Å²) in [5.74, 6) is 0.371. The van der Waals surface area contributed by atoms with Crippen LogP contribution in [0.25, 0.3) is 0 Å². The van der Waals surface area contributed by atoms with Gasteiger partial charge in [-0.2, -0.15) is 0 Å². The molecule has 1 aromatic rings. The Morgan fingerprint density at radius 2 is 2.04 bits per heavy atom. The van der Waals surface area contributed by atoms with Crippen molar-refractivity contribution in [1.29, 1.82) is 0 Å². The molecule has 0 atom stereocenters. The average Bonchev–Trinajstić information content (AvgIpc) is 2.64. The molecule has 1 aliphatic heterocycles. The predicted octanol–water partition coefficient (Wildman–Crippen LogP) is 3.68. The number of ether oxygens (including phenoxy) is 1. The summed E-state index contributed by atoms with van der Waals surface area (Å²) in [6.07, 6.45) is 9.05. The summed E-state index contributed by atoms with van der Waals surface area (Å²) in [6.45, 7) is 3.52. The number of halogens is 1. The quantitative estimate of drug-likeness (QED) is 0.882. The molecule has 1 amide bonds. The van der Waals surface area contributed by atoms with Gasteiger partial charge < -0.3 is 14.7 Å². The number of hydrogen-bond acceptors (Lipinski definition) is 4. The van der Waals surface area contributed by atoms with E-state index >= 15 is 0 Å². The highest BCUT2D eigenvalue weighted by Gasteiger charge is 2.32. The molecule has 1 aliphatic carbocycles. The molecule has 25 heavy (non-hydrogen) atoms. The summed E-state index contributed by atoms with van der Waals surface area (Å²) < 4.78 is 5.91. The van der Waals surface area contributed by atoms with E-state index in [1.54, 1.807) is 12.3 Å². The molecule has 1 N–H and O–H groups in total. The lowest BCUT2D eigenvalue weighted by Crippen LogP contribution is -2.43. The number of rotatable bonds is 4. The van der Waals surface area contributed by atoms with Gasteiger partial charge in [-0.25, -0.2) is 4.98 Å². The van der Waals surface area contributed by atoms with E-state index in [0.29, 0.717) is 29.6 Å². The number of hydrogen-bond donors (Lipinski definition) is 1. The van der Waals surface area contributed by atoms with Gasteiger partial charge in [-0.15, -0.1) is 0 Å². The minimum atomic E-state index is -0.0790. The summed E-state index contributed by atoms with van der Waals surface area (Å²) >= 11 is 6.31. The van der Waals surface area contributed by atoms with Crippen LogP contribution >= 0.6 is 11.6 Å². The standard InChI is InChI=1S/C19H27ClN2O3/c1-19(13-23)7-9-22(10-8-19)18(24)14-11-16(20)17(21-12-14)25-15-5-3-2-4-6-15/h11-12,15,23H,2-10,13H2,1H3. The zero-order valence-corrected chi connectivity index (χ0v) is 15.6. The van der Waals surface area contributed by atoms with E-state index in [1.807, 2.05) is 4.90 Å². The zero-order chi connectivity index (χ0) is 17.9. The van der Waals surface area contributed by atoms with Crippen LogP contribution in [0, 0.1) is 5.41 Å². The van der Waals surface area contributed by atoms with E-state index in [9.17, 15) is 9.90 Å². The van der Waals surface area contributed by atoms with Crippen LogP contribution in [0.4, 0.5) is 0 Å². The average molecular weight is 367 g/mol. The molecule has 0 unspecified atom stereocenters. The van der Waals surface area contributed by atoms with Gasteiger partial charge in [0.2, 0.25) is 5.88 Å². The summed E-state index contributed by atoms with van der Waals surface area (Å²) in [6, 6.07) is 1.66. The highest BCUT2D eigenvalue weighted by atomic mass is 35.5. The fraction of sp³-hybridized carbons (Fsp3) is 0.684. The zero-order valence-electron chi connectivity index (χ0n) is 14.8. The minimum Gasteiger partial charge on any atom is -0.473 e. The molecule has 1 saturated heterocycles. The van der Waals surface area contributed by atoms with Gasteiger partial charge in [0.1, 0.15) is 11.1 Å². The number of carbonyl (C=O) groups is 1. The molecule has 0 aromatic carbocycles. The molecule has 2 heterocycles. The molecule has 3 rings (SSSR count). The highest BCUT2D eigenvalue weighted by molar-refractivity contribution is 6.32. The van der Waals surface area contributed by atoms with Crippen molar-refractivity contribution in [1.82, 2.24) is 9.88 Å². The molecule has 138 valence electrons. The fourth-order valence-electron chi connectivity index (χ4n) is 3.56. The van der Waals surface area contributed by atoms with Crippen LogP contribution in [0.3, 0.4) is 0 Å². The first kappa shape index (κ1) is 18.5. The number of pyridine rings is 1. The lowest BCUT2D eigenvalue weighted by Gasteiger charge is -2.38. The van der Waals surface area contributed by atoms with Crippen LogP contribution in [0.2, 0.25) is 5.02 Å². The van der Waals surface area contributed by atoms with E-state index in [4.69, 9.17) is 16.3 Å². The number of aliphatic hydroxyl groups excluding tert-OH is 1. The normalized spacial score (nSPS) is 21.2. The molecule has 5 nitrogen and oxygen atoms in total. The maximum absolute atomic E-state index is 12.7. The molecule has 6 heteroatoms. The topological polar surface area (TPSA) is 62.7 Å².